The van der Waals surface area contributed by atoms with E-state index < -0.39 is 5.60 Å². The van der Waals surface area contributed by atoms with Crippen LogP contribution in [-0.4, -0.2) is 34.3 Å². The van der Waals surface area contributed by atoms with E-state index in [1.54, 1.807) is 6.07 Å². The van der Waals surface area contributed by atoms with Gasteiger partial charge >= 0.3 is 6.09 Å². The molecule has 1 heterocycles. The molecule has 0 radical (unpaired) electrons. The van der Waals surface area contributed by atoms with E-state index in [-0.39, 0.29) is 6.09 Å². The predicted octanol–water partition coefficient (Wildman–Crippen LogP) is 4.06. The first-order valence-corrected chi connectivity index (χ1v) is 8.92. The van der Waals surface area contributed by atoms with Gasteiger partial charge < -0.3 is 10.1 Å². The lowest BCUT2D eigenvalue weighted by Gasteiger charge is -2.19. The number of hydrogen-bond donors (Lipinski definition) is 1. The van der Waals surface area contributed by atoms with Crippen molar-refractivity contribution in [2.75, 3.05) is 6.54 Å². The molecule has 2 aromatic rings. The molecule has 0 saturated carbocycles. The van der Waals surface area contributed by atoms with Gasteiger partial charge in [-0.2, -0.15) is 5.10 Å². The smallest absolute Gasteiger partial charge is 0.407 e. The Bertz CT molecular complexity index is 732. The van der Waals surface area contributed by atoms with Gasteiger partial charge in [-0.3, -0.25) is 9.48 Å². The topological polar surface area (TPSA) is 73.2 Å². The number of nitrogens with zero attached hydrogens (tertiary/aromatic N) is 2. The fourth-order valence-electron chi connectivity index (χ4n) is 2.51. The Morgan fingerprint density at radius 1 is 1.23 bits per heavy atom. The normalized spacial score (nSPS) is 11.2. The number of benzene rings is 1. The molecule has 0 unspecified atom stereocenters. The number of unbranched alkanes of at least 4 members (excludes halogenated alkanes) is 2. The Labute approximate surface area is 154 Å². The van der Waals surface area contributed by atoms with Crippen LogP contribution in [0.2, 0.25) is 0 Å². The minimum atomic E-state index is -0.465. The second-order valence-electron chi connectivity index (χ2n) is 7.22. The molecule has 1 amide bonds. The molecule has 0 spiro atoms. The van der Waals surface area contributed by atoms with Crippen LogP contribution < -0.4 is 5.32 Å². The van der Waals surface area contributed by atoms with Crippen molar-refractivity contribution >= 4 is 12.4 Å². The summed E-state index contributed by atoms with van der Waals surface area (Å²) in [6.45, 7) is 6.97. The van der Waals surface area contributed by atoms with Crippen LogP contribution in [0.3, 0.4) is 0 Å². The van der Waals surface area contributed by atoms with Gasteiger partial charge in [-0.15, -0.1) is 0 Å². The molecule has 6 heteroatoms. The molecule has 0 atom stereocenters. The first kappa shape index (κ1) is 19.7. The minimum Gasteiger partial charge on any atom is -0.444 e. The highest BCUT2D eigenvalue weighted by molar-refractivity contribution is 5.78. The monoisotopic (exact) mass is 357 g/mol. The number of rotatable bonds is 8. The molecule has 0 aliphatic rings. The number of aryl methyl sites for hydroxylation is 1. The number of alkyl carbamates (subject to hydrolysis) is 1. The SMILES string of the molecule is CC(C)(C)OC(=O)NCCCCCn1cc(-c2cccc(C=O)c2)cn1. The average Bonchev–Trinajstić information content (AvgIpc) is 3.05. The van der Waals surface area contributed by atoms with Crippen LogP contribution >= 0.6 is 0 Å². The molecular weight excluding hydrogens is 330 g/mol. The van der Waals surface area contributed by atoms with Gasteiger partial charge in [0.2, 0.25) is 0 Å². The number of amides is 1. The number of ether oxygens (including phenoxy) is 1. The number of carbonyl (C=O) groups is 2. The summed E-state index contributed by atoms with van der Waals surface area (Å²) in [5, 5.41) is 7.14. The fourth-order valence-corrected chi connectivity index (χ4v) is 2.51. The molecule has 1 N–H and O–H groups in total. The maximum Gasteiger partial charge on any atom is 0.407 e. The summed E-state index contributed by atoms with van der Waals surface area (Å²) >= 11 is 0. The zero-order valence-electron chi connectivity index (χ0n) is 15.7. The molecule has 1 aromatic heterocycles. The maximum absolute atomic E-state index is 11.5. The van der Waals surface area contributed by atoms with Crippen LogP contribution in [0.25, 0.3) is 11.1 Å². The highest BCUT2D eigenvalue weighted by atomic mass is 16.6. The standard InChI is InChI=1S/C20H27N3O3/c1-20(2,3)26-19(25)21-10-5-4-6-11-23-14-18(13-22-23)17-9-7-8-16(12-17)15-24/h7-9,12-15H,4-6,10-11H2,1-3H3,(H,21,25). The van der Waals surface area contributed by atoms with Gasteiger partial charge in [-0.1, -0.05) is 18.2 Å². The van der Waals surface area contributed by atoms with Gasteiger partial charge in [-0.25, -0.2) is 4.79 Å². The van der Waals surface area contributed by atoms with Crippen molar-refractivity contribution in [3.63, 3.8) is 0 Å². The van der Waals surface area contributed by atoms with Gasteiger partial charge in [0.05, 0.1) is 6.20 Å². The van der Waals surface area contributed by atoms with Crippen LogP contribution in [0.1, 0.15) is 50.4 Å². The molecule has 26 heavy (non-hydrogen) atoms. The van der Waals surface area contributed by atoms with Gasteiger partial charge in [0.1, 0.15) is 11.9 Å². The molecule has 0 saturated heterocycles. The van der Waals surface area contributed by atoms with Crippen molar-refractivity contribution in [3.8, 4) is 11.1 Å². The number of carbonyl (C=O) groups excluding carboxylic acids is 2. The van der Waals surface area contributed by atoms with Gasteiger partial charge in [0.15, 0.2) is 0 Å². The lowest BCUT2D eigenvalue weighted by Crippen LogP contribution is -2.33. The summed E-state index contributed by atoms with van der Waals surface area (Å²) in [4.78, 5) is 22.4. The molecule has 2 rings (SSSR count). The van der Waals surface area contributed by atoms with Crippen LogP contribution in [0, 0.1) is 0 Å². The molecule has 140 valence electrons. The lowest BCUT2D eigenvalue weighted by atomic mass is 10.1. The van der Waals surface area contributed by atoms with E-state index in [9.17, 15) is 9.59 Å². The molecule has 1 aromatic carbocycles. The predicted molar refractivity (Wildman–Crippen MR) is 101 cm³/mol. The van der Waals surface area contributed by atoms with Gasteiger partial charge in [-0.05, 0) is 51.7 Å². The number of hydrogen-bond acceptors (Lipinski definition) is 4. The van der Waals surface area contributed by atoms with Crippen molar-refractivity contribution in [1.82, 2.24) is 15.1 Å². The highest BCUT2D eigenvalue weighted by Crippen LogP contribution is 2.19. The van der Waals surface area contributed by atoms with Crippen LogP contribution in [0.5, 0.6) is 0 Å². The van der Waals surface area contributed by atoms with E-state index in [1.165, 1.54) is 0 Å². The number of aldehydes is 1. The summed E-state index contributed by atoms with van der Waals surface area (Å²) in [6, 6.07) is 7.48. The van der Waals surface area contributed by atoms with E-state index in [0.29, 0.717) is 12.1 Å². The highest BCUT2D eigenvalue weighted by Gasteiger charge is 2.15. The van der Waals surface area contributed by atoms with Crippen molar-refractivity contribution in [2.24, 2.45) is 0 Å². The van der Waals surface area contributed by atoms with Crippen molar-refractivity contribution < 1.29 is 14.3 Å². The Balaban J connectivity index is 1.69. The van der Waals surface area contributed by atoms with Crippen LogP contribution in [0.15, 0.2) is 36.7 Å². The van der Waals surface area contributed by atoms with E-state index in [2.05, 4.69) is 10.4 Å². The average molecular weight is 357 g/mol. The van der Waals surface area contributed by atoms with Crippen molar-refractivity contribution in [2.45, 2.75) is 52.2 Å². The molecule has 6 nitrogen and oxygen atoms in total. The summed E-state index contributed by atoms with van der Waals surface area (Å²) < 4.78 is 7.10. The van der Waals surface area contributed by atoms with Crippen LogP contribution in [-0.2, 0) is 11.3 Å². The second kappa shape index (κ2) is 9.17. The summed E-state index contributed by atoms with van der Waals surface area (Å²) in [7, 11) is 0. The van der Waals surface area contributed by atoms with E-state index in [0.717, 1.165) is 43.2 Å². The molecular formula is C20H27N3O3. The Morgan fingerprint density at radius 2 is 2.04 bits per heavy atom. The minimum absolute atomic E-state index is 0.369. The lowest BCUT2D eigenvalue weighted by molar-refractivity contribution is 0.0527. The number of nitrogens with one attached hydrogen (secondary N) is 1. The van der Waals surface area contributed by atoms with Crippen molar-refractivity contribution in [1.29, 1.82) is 0 Å². The third-order valence-electron chi connectivity index (χ3n) is 3.72. The third kappa shape index (κ3) is 6.70. The first-order valence-electron chi connectivity index (χ1n) is 8.92. The van der Waals surface area contributed by atoms with Gasteiger partial charge in [0.25, 0.3) is 0 Å². The van der Waals surface area contributed by atoms with Gasteiger partial charge in [0, 0.05) is 30.4 Å². The Hall–Kier alpha value is -2.63. The van der Waals surface area contributed by atoms with E-state index in [1.807, 2.05) is 56.0 Å². The summed E-state index contributed by atoms with van der Waals surface area (Å²) in [5.41, 5.74) is 2.18. The molecule has 0 aliphatic heterocycles. The Kier molecular flexibility index (Phi) is 6.95. The Morgan fingerprint density at radius 3 is 2.77 bits per heavy atom. The summed E-state index contributed by atoms with van der Waals surface area (Å²) in [5.74, 6) is 0. The summed E-state index contributed by atoms with van der Waals surface area (Å²) in [6.07, 6.45) is 7.15. The van der Waals surface area contributed by atoms with Crippen LogP contribution in [0.4, 0.5) is 4.79 Å². The quantitative estimate of drug-likeness (QED) is 0.571. The third-order valence-corrected chi connectivity index (χ3v) is 3.72. The molecule has 0 fully saturated rings. The van der Waals surface area contributed by atoms with Crippen molar-refractivity contribution in [3.05, 3.63) is 42.2 Å². The molecule has 0 bridgehead atoms. The van der Waals surface area contributed by atoms with E-state index in [4.69, 9.17) is 4.74 Å². The zero-order chi connectivity index (χ0) is 19.0. The second-order valence-corrected chi connectivity index (χ2v) is 7.22. The first-order chi connectivity index (χ1) is 12.4. The van der Waals surface area contributed by atoms with E-state index >= 15 is 0 Å². The zero-order valence-corrected chi connectivity index (χ0v) is 15.7. The maximum atomic E-state index is 11.5. The number of aromatic nitrogens is 2. The largest absolute Gasteiger partial charge is 0.444 e. The fraction of sp³-hybridized carbons (Fsp3) is 0.450. The molecule has 0 aliphatic carbocycles.